The molecule has 5 nitrogen and oxygen atoms in total. The van der Waals surface area contributed by atoms with Crippen molar-refractivity contribution in [2.24, 2.45) is 0 Å². The van der Waals surface area contributed by atoms with Crippen LogP contribution in [0.25, 0.3) is 11.3 Å². The van der Waals surface area contributed by atoms with Crippen molar-refractivity contribution >= 4 is 5.95 Å². The zero-order chi connectivity index (χ0) is 14.2. The Morgan fingerprint density at radius 1 is 1.10 bits per heavy atom. The highest BCUT2D eigenvalue weighted by molar-refractivity contribution is 5.57. The molecule has 0 fully saturated rings. The highest BCUT2D eigenvalue weighted by Gasteiger charge is 2.06. The third-order valence-electron chi connectivity index (χ3n) is 3.07. The van der Waals surface area contributed by atoms with Crippen LogP contribution < -0.4 is 10.9 Å². The van der Waals surface area contributed by atoms with Gasteiger partial charge in [0.15, 0.2) is 5.69 Å². The highest BCUT2D eigenvalue weighted by Crippen LogP contribution is 2.10. The second-order valence-electron chi connectivity index (χ2n) is 4.70. The summed E-state index contributed by atoms with van der Waals surface area (Å²) in [5.74, 6) is 0.436. The molecule has 1 aromatic carbocycles. The van der Waals surface area contributed by atoms with Crippen molar-refractivity contribution in [2.45, 2.75) is 32.6 Å². The average Bonchev–Trinajstić information content (AvgIpc) is 2.48. The molecular weight excluding hydrogens is 252 g/mol. The van der Waals surface area contributed by atoms with Gasteiger partial charge >= 0.3 is 0 Å². The Kier molecular flexibility index (Phi) is 5.29. The summed E-state index contributed by atoms with van der Waals surface area (Å²) in [6, 6.07) is 9.33. The summed E-state index contributed by atoms with van der Waals surface area (Å²) in [6.45, 7) is 2.98. The minimum Gasteiger partial charge on any atom is -0.354 e. The standard InChI is InChI=1S/C15H20N4O/c1-2-3-4-8-11-16-15-17-14(20)13(18-19-15)12-9-6-5-7-10-12/h5-7,9-10H,2-4,8,11H2,1H3,(H2,16,17,19,20). The molecule has 2 aromatic rings. The normalized spacial score (nSPS) is 10.4. The lowest BCUT2D eigenvalue weighted by molar-refractivity contribution is 0.682. The number of aromatic nitrogens is 3. The first-order valence-electron chi connectivity index (χ1n) is 7.07. The molecule has 0 spiro atoms. The minimum atomic E-state index is -0.220. The van der Waals surface area contributed by atoms with Crippen molar-refractivity contribution in [3.8, 4) is 11.3 Å². The van der Waals surface area contributed by atoms with Crippen LogP contribution >= 0.6 is 0 Å². The van der Waals surface area contributed by atoms with Crippen molar-refractivity contribution in [2.75, 3.05) is 11.9 Å². The Balaban J connectivity index is 1.98. The van der Waals surface area contributed by atoms with E-state index in [9.17, 15) is 4.79 Å². The van der Waals surface area contributed by atoms with Crippen LogP contribution in [0.15, 0.2) is 35.1 Å². The highest BCUT2D eigenvalue weighted by atomic mass is 16.1. The number of nitrogens with one attached hydrogen (secondary N) is 2. The van der Waals surface area contributed by atoms with Crippen LogP contribution in [0.5, 0.6) is 0 Å². The van der Waals surface area contributed by atoms with E-state index in [4.69, 9.17) is 0 Å². The van der Waals surface area contributed by atoms with Gasteiger partial charge in [-0.1, -0.05) is 56.5 Å². The van der Waals surface area contributed by atoms with E-state index in [1.807, 2.05) is 30.3 Å². The molecule has 0 unspecified atom stereocenters. The molecule has 1 heterocycles. The van der Waals surface area contributed by atoms with Crippen molar-refractivity contribution in [1.29, 1.82) is 0 Å². The molecule has 2 rings (SSSR count). The molecule has 5 heteroatoms. The Morgan fingerprint density at radius 3 is 2.60 bits per heavy atom. The van der Waals surface area contributed by atoms with Crippen LogP contribution in [-0.2, 0) is 0 Å². The first-order valence-corrected chi connectivity index (χ1v) is 7.07. The fourth-order valence-corrected chi connectivity index (χ4v) is 1.96. The van der Waals surface area contributed by atoms with Gasteiger partial charge in [-0.3, -0.25) is 9.78 Å². The average molecular weight is 272 g/mol. The van der Waals surface area contributed by atoms with Gasteiger partial charge in [-0.15, -0.1) is 10.2 Å². The number of benzene rings is 1. The number of unbranched alkanes of at least 4 members (excludes halogenated alkanes) is 3. The topological polar surface area (TPSA) is 70.7 Å². The maximum Gasteiger partial charge on any atom is 0.279 e. The molecule has 0 aliphatic rings. The monoisotopic (exact) mass is 272 g/mol. The summed E-state index contributed by atoms with van der Waals surface area (Å²) in [6.07, 6.45) is 4.69. The van der Waals surface area contributed by atoms with Gasteiger partial charge in [0.1, 0.15) is 0 Å². The van der Waals surface area contributed by atoms with E-state index in [0.717, 1.165) is 18.5 Å². The van der Waals surface area contributed by atoms with Gasteiger partial charge in [0.25, 0.3) is 5.56 Å². The molecule has 0 aliphatic heterocycles. The lowest BCUT2D eigenvalue weighted by atomic mass is 10.2. The Labute approximate surface area is 118 Å². The van der Waals surface area contributed by atoms with Crippen molar-refractivity contribution in [3.05, 3.63) is 40.7 Å². The third kappa shape index (κ3) is 3.91. The Hall–Kier alpha value is -2.17. The van der Waals surface area contributed by atoms with Gasteiger partial charge in [-0.2, -0.15) is 0 Å². The summed E-state index contributed by atoms with van der Waals surface area (Å²) in [5.41, 5.74) is 0.903. The maximum atomic E-state index is 12.0. The summed E-state index contributed by atoms with van der Waals surface area (Å²) < 4.78 is 0. The number of rotatable bonds is 7. The third-order valence-corrected chi connectivity index (χ3v) is 3.07. The van der Waals surface area contributed by atoms with E-state index in [2.05, 4.69) is 27.4 Å². The van der Waals surface area contributed by atoms with Gasteiger partial charge < -0.3 is 5.32 Å². The van der Waals surface area contributed by atoms with E-state index in [1.165, 1.54) is 19.3 Å². The first-order chi connectivity index (χ1) is 9.81. The fourth-order valence-electron chi connectivity index (χ4n) is 1.96. The van der Waals surface area contributed by atoms with Crippen molar-refractivity contribution in [3.63, 3.8) is 0 Å². The molecule has 0 radical (unpaired) electrons. The smallest absolute Gasteiger partial charge is 0.279 e. The molecule has 106 valence electrons. The Morgan fingerprint density at radius 2 is 1.90 bits per heavy atom. The zero-order valence-corrected chi connectivity index (χ0v) is 11.7. The van der Waals surface area contributed by atoms with Crippen LogP contribution in [0.3, 0.4) is 0 Å². The van der Waals surface area contributed by atoms with Crippen LogP contribution in [0.1, 0.15) is 32.6 Å². The van der Waals surface area contributed by atoms with E-state index < -0.39 is 0 Å². The zero-order valence-electron chi connectivity index (χ0n) is 11.7. The Bertz CT molecular complexity index is 580. The molecular formula is C15H20N4O. The van der Waals surface area contributed by atoms with Crippen molar-refractivity contribution in [1.82, 2.24) is 15.2 Å². The number of hydrogen-bond acceptors (Lipinski definition) is 4. The number of hydrogen-bond donors (Lipinski definition) is 2. The summed E-state index contributed by atoms with van der Waals surface area (Å²) in [4.78, 5) is 14.7. The van der Waals surface area contributed by atoms with Gasteiger partial charge in [0, 0.05) is 12.1 Å². The van der Waals surface area contributed by atoms with Gasteiger partial charge in [-0.05, 0) is 6.42 Å². The molecule has 1 aromatic heterocycles. The molecule has 0 aliphatic carbocycles. The van der Waals surface area contributed by atoms with Crippen LogP contribution in [0.2, 0.25) is 0 Å². The molecule has 2 N–H and O–H groups in total. The number of H-pyrrole nitrogens is 1. The largest absolute Gasteiger partial charge is 0.354 e. The summed E-state index contributed by atoms with van der Waals surface area (Å²) in [5, 5.41) is 11.1. The summed E-state index contributed by atoms with van der Waals surface area (Å²) >= 11 is 0. The van der Waals surface area contributed by atoms with E-state index in [-0.39, 0.29) is 5.56 Å². The molecule has 0 bridgehead atoms. The molecule has 20 heavy (non-hydrogen) atoms. The SMILES string of the molecule is CCCCCCNc1nnc(-c2ccccc2)c(=O)[nH]1. The maximum absolute atomic E-state index is 12.0. The predicted molar refractivity (Wildman–Crippen MR) is 80.7 cm³/mol. The molecule has 0 saturated heterocycles. The number of aromatic amines is 1. The lowest BCUT2D eigenvalue weighted by Crippen LogP contribution is -2.17. The van der Waals surface area contributed by atoms with E-state index in [0.29, 0.717) is 11.6 Å². The number of anilines is 1. The van der Waals surface area contributed by atoms with E-state index in [1.54, 1.807) is 0 Å². The van der Waals surface area contributed by atoms with Gasteiger partial charge in [0.05, 0.1) is 0 Å². The molecule has 0 amide bonds. The first kappa shape index (κ1) is 14.2. The minimum absolute atomic E-state index is 0.220. The second kappa shape index (κ2) is 7.43. The molecule has 0 saturated carbocycles. The fraction of sp³-hybridized carbons (Fsp3) is 0.400. The van der Waals surface area contributed by atoms with Gasteiger partial charge in [-0.25, -0.2) is 0 Å². The molecule has 0 atom stereocenters. The van der Waals surface area contributed by atoms with E-state index >= 15 is 0 Å². The van der Waals surface area contributed by atoms with Crippen LogP contribution in [0.4, 0.5) is 5.95 Å². The summed E-state index contributed by atoms with van der Waals surface area (Å²) in [7, 11) is 0. The second-order valence-corrected chi connectivity index (χ2v) is 4.70. The predicted octanol–water partition coefficient (Wildman–Crippen LogP) is 2.82. The van der Waals surface area contributed by atoms with Gasteiger partial charge in [0.2, 0.25) is 5.95 Å². The quantitative estimate of drug-likeness (QED) is 0.760. The van der Waals surface area contributed by atoms with Crippen LogP contribution in [0, 0.1) is 0 Å². The van der Waals surface area contributed by atoms with Crippen LogP contribution in [-0.4, -0.2) is 21.7 Å². The lowest BCUT2D eigenvalue weighted by Gasteiger charge is -2.05. The van der Waals surface area contributed by atoms with Crippen molar-refractivity contribution < 1.29 is 0 Å². The number of nitrogens with zero attached hydrogens (tertiary/aromatic N) is 2.